The molecule has 0 bridgehead atoms. The minimum atomic E-state index is 0. The first-order chi connectivity index (χ1) is 5.26. The van der Waals surface area contributed by atoms with Crippen molar-refractivity contribution in [3.8, 4) is 0 Å². The van der Waals surface area contributed by atoms with Crippen LogP contribution in [0.15, 0.2) is 0 Å². The molecular formula is C6H10N5Y+2. The van der Waals surface area contributed by atoms with Crippen molar-refractivity contribution in [3.63, 3.8) is 0 Å². The van der Waals surface area contributed by atoms with E-state index in [1.165, 1.54) is 0 Å². The second kappa shape index (κ2) is 5.38. The van der Waals surface area contributed by atoms with Gasteiger partial charge < -0.3 is 20.6 Å². The van der Waals surface area contributed by atoms with E-state index in [0.29, 0.717) is 17.7 Å². The predicted octanol–water partition coefficient (Wildman–Crippen LogP) is 0.854. The summed E-state index contributed by atoms with van der Waals surface area (Å²) in [6.45, 7) is 1.80. The number of aryl methyl sites for hydroxylation is 1. The fourth-order valence-electron chi connectivity index (χ4n) is 0.680. The average Bonchev–Trinajstić information content (AvgIpc) is 2.03. The molecule has 0 amide bonds. The maximum Gasteiger partial charge on any atom is 3.00 e. The molecule has 0 aliphatic heterocycles. The largest absolute Gasteiger partial charge is 3.00 e. The quantitative estimate of drug-likeness (QED) is 0.833. The Balaban J connectivity index is 0.00000121. The van der Waals surface area contributed by atoms with E-state index in [1.54, 1.807) is 21.0 Å². The van der Waals surface area contributed by atoms with Crippen LogP contribution in [0, 0.1) is 6.92 Å². The van der Waals surface area contributed by atoms with Gasteiger partial charge in [-0.1, -0.05) is 0 Å². The summed E-state index contributed by atoms with van der Waals surface area (Å²) in [5.74, 6) is 1.69. The Morgan fingerprint density at radius 2 is 1.92 bits per heavy atom. The number of nitrogens with zero attached hydrogens (tertiary/aromatic N) is 4. The van der Waals surface area contributed by atoms with Crippen LogP contribution in [-0.4, -0.2) is 29.0 Å². The molecule has 1 rings (SSSR count). The maximum absolute atomic E-state index is 4.01. The second-order valence-electron chi connectivity index (χ2n) is 1.98. The molecule has 0 saturated heterocycles. The first-order valence-corrected chi connectivity index (χ1v) is 3.26. The van der Waals surface area contributed by atoms with E-state index < -0.39 is 0 Å². The molecule has 0 aliphatic rings. The van der Waals surface area contributed by atoms with Gasteiger partial charge in [-0.05, 0) is 14.0 Å². The van der Waals surface area contributed by atoms with E-state index in [9.17, 15) is 0 Å². The number of rotatable bonds is 2. The van der Waals surface area contributed by atoms with Crippen molar-refractivity contribution in [3.05, 3.63) is 11.1 Å². The normalized spacial score (nSPS) is 8.58. The van der Waals surface area contributed by atoms with Gasteiger partial charge in [-0.2, -0.15) is 0 Å². The molecule has 0 aliphatic carbocycles. The molecule has 0 atom stereocenters. The molecular weight excluding hydrogens is 231 g/mol. The van der Waals surface area contributed by atoms with E-state index in [2.05, 4.69) is 25.6 Å². The average molecular weight is 241 g/mol. The molecule has 12 heavy (non-hydrogen) atoms. The molecule has 0 unspecified atom stereocenters. The summed E-state index contributed by atoms with van der Waals surface area (Å²) >= 11 is 0. The molecule has 1 aromatic rings. The summed E-state index contributed by atoms with van der Waals surface area (Å²) in [6.07, 6.45) is 0. The molecule has 5 nitrogen and oxygen atoms in total. The summed E-state index contributed by atoms with van der Waals surface area (Å²) in [5, 5.41) is 6.66. The van der Waals surface area contributed by atoms with E-state index in [0.717, 1.165) is 0 Å². The van der Waals surface area contributed by atoms with Crippen LogP contribution in [0.5, 0.6) is 0 Å². The molecule has 1 heterocycles. The number of anilines is 1. The fraction of sp³-hybridized carbons (Fsp3) is 0.500. The van der Waals surface area contributed by atoms with Crippen LogP contribution >= 0.6 is 0 Å². The number of nitrogens with one attached hydrogen (secondary N) is 1. The van der Waals surface area contributed by atoms with Gasteiger partial charge in [-0.3, -0.25) is 0 Å². The van der Waals surface area contributed by atoms with Gasteiger partial charge in [0, 0.05) is 13.0 Å². The van der Waals surface area contributed by atoms with Crippen LogP contribution in [0.1, 0.15) is 5.82 Å². The molecule has 0 saturated carbocycles. The van der Waals surface area contributed by atoms with E-state index in [-0.39, 0.29) is 32.7 Å². The zero-order valence-electron chi connectivity index (χ0n) is 7.37. The minimum absolute atomic E-state index is 0. The molecule has 0 radical (unpaired) electrons. The van der Waals surface area contributed by atoms with Gasteiger partial charge in [0.25, 0.3) is 0 Å². The van der Waals surface area contributed by atoms with Crippen molar-refractivity contribution >= 4 is 11.9 Å². The monoisotopic (exact) mass is 241 g/mol. The SMILES string of the molecule is C[N-]c1nc(C)nc(NC)n1.[Y+3]. The van der Waals surface area contributed by atoms with E-state index in [1.807, 2.05) is 0 Å². The molecule has 6 heteroatoms. The molecule has 0 fully saturated rings. The smallest absolute Gasteiger partial charge is 0.397 e. The Labute approximate surface area is 96.7 Å². The van der Waals surface area contributed by atoms with Gasteiger partial charge in [0.2, 0.25) is 0 Å². The van der Waals surface area contributed by atoms with Crippen LogP contribution in [0.3, 0.4) is 0 Å². The summed E-state index contributed by atoms with van der Waals surface area (Å²) < 4.78 is 0. The molecule has 0 spiro atoms. The first kappa shape index (κ1) is 11.7. The van der Waals surface area contributed by atoms with Gasteiger partial charge in [0.15, 0.2) is 5.95 Å². The summed E-state index contributed by atoms with van der Waals surface area (Å²) in [7, 11) is 3.41. The number of aromatic nitrogens is 3. The van der Waals surface area contributed by atoms with Crippen LogP contribution in [0.25, 0.3) is 5.32 Å². The van der Waals surface area contributed by atoms with Gasteiger partial charge in [-0.25, -0.2) is 4.98 Å². The minimum Gasteiger partial charge on any atom is -0.397 e. The summed E-state index contributed by atoms with van der Waals surface area (Å²) in [5.41, 5.74) is 0. The van der Waals surface area contributed by atoms with Gasteiger partial charge in [-0.15, -0.1) is 0 Å². The zero-order valence-corrected chi connectivity index (χ0v) is 10.2. The van der Waals surface area contributed by atoms with E-state index in [4.69, 9.17) is 0 Å². The van der Waals surface area contributed by atoms with Crippen molar-refractivity contribution in [2.75, 3.05) is 19.4 Å². The third kappa shape index (κ3) is 2.99. The number of hydrogen-bond donors (Lipinski definition) is 1. The fourth-order valence-corrected chi connectivity index (χ4v) is 0.680. The van der Waals surface area contributed by atoms with Crippen molar-refractivity contribution in [1.82, 2.24) is 15.0 Å². The number of hydrogen-bond acceptors (Lipinski definition) is 4. The van der Waals surface area contributed by atoms with Crippen LogP contribution in [0.4, 0.5) is 11.9 Å². The van der Waals surface area contributed by atoms with Crippen molar-refractivity contribution in [1.29, 1.82) is 0 Å². The zero-order chi connectivity index (χ0) is 8.27. The Kier molecular flexibility index (Phi) is 5.25. The first-order valence-electron chi connectivity index (χ1n) is 3.26. The van der Waals surface area contributed by atoms with Gasteiger partial charge in [0.1, 0.15) is 0 Å². The molecule has 0 aromatic carbocycles. The standard InChI is InChI=1S/C6H10N5.Y/c1-4-9-5(7-2)11-6(8-3)10-4;/h1-3H3,(H-,7,8,9,10,11);/q-1;+3. The summed E-state index contributed by atoms with van der Waals surface area (Å²) in [4.78, 5) is 11.9. The Bertz CT molecular complexity index is 229. The van der Waals surface area contributed by atoms with Crippen molar-refractivity contribution in [2.24, 2.45) is 0 Å². The molecule has 1 N–H and O–H groups in total. The third-order valence-electron chi connectivity index (χ3n) is 1.16. The molecule has 60 valence electrons. The van der Waals surface area contributed by atoms with E-state index >= 15 is 0 Å². The summed E-state index contributed by atoms with van der Waals surface area (Å²) in [6, 6.07) is 0. The topological polar surface area (TPSA) is 64.8 Å². The maximum atomic E-state index is 4.01. The van der Waals surface area contributed by atoms with Gasteiger partial charge in [0.05, 0.1) is 5.82 Å². The van der Waals surface area contributed by atoms with Crippen LogP contribution in [0.2, 0.25) is 0 Å². The second-order valence-corrected chi connectivity index (χ2v) is 1.98. The Hall–Kier alpha value is -0.286. The van der Waals surface area contributed by atoms with Gasteiger partial charge >= 0.3 is 32.7 Å². The predicted molar refractivity (Wildman–Crippen MR) is 43.1 cm³/mol. The Morgan fingerprint density at radius 1 is 1.25 bits per heavy atom. The van der Waals surface area contributed by atoms with Crippen molar-refractivity contribution in [2.45, 2.75) is 6.92 Å². The third-order valence-corrected chi connectivity index (χ3v) is 1.16. The van der Waals surface area contributed by atoms with Crippen LogP contribution in [-0.2, 0) is 32.7 Å². The van der Waals surface area contributed by atoms with Crippen molar-refractivity contribution < 1.29 is 32.7 Å². The van der Waals surface area contributed by atoms with Crippen LogP contribution < -0.4 is 5.32 Å². The Morgan fingerprint density at radius 3 is 2.42 bits per heavy atom. The molecule has 1 aromatic heterocycles.